The Bertz CT molecular complexity index is 581. The molecular weight excluding hydrogens is 245 g/mol. The molecule has 3 nitrogen and oxygen atoms in total. The molecule has 0 aliphatic heterocycles. The Kier molecular flexibility index (Phi) is 2.86. The summed E-state index contributed by atoms with van der Waals surface area (Å²) in [5.41, 5.74) is 1.25. The molecular formula is C11H7Cl2N3. The van der Waals surface area contributed by atoms with Crippen molar-refractivity contribution in [2.75, 3.05) is 0 Å². The molecule has 0 saturated carbocycles. The smallest absolute Gasteiger partial charge is 0.142 e. The Balaban J connectivity index is 2.60. The highest BCUT2D eigenvalue weighted by Gasteiger charge is 2.11. The van der Waals surface area contributed by atoms with Crippen LogP contribution in [0, 0.1) is 11.3 Å². The van der Waals surface area contributed by atoms with Gasteiger partial charge in [-0.2, -0.15) is 5.26 Å². The van der Waals surface area contributed by atoms with Crippen molar-refractivity contribution in [1.82, 2.24) is 9.55 Å². The van der Waals surface area contributed by atoms with Crippen LogP contribution < -0.4 is 0 Å². The summed E-state index contributed by atoms with van der Waals surface area (Å²) < 4.78 is 1.69. The number of rotatable bonds is 1. The minimum atomic E-state index is 0.487. The molecule has 1 aromatic carbocycles. The summed E-state index contributed by atoms with van der Waals surface area (Å²) in [7, 11) is 1.77. The fourth-order valence-corrected chi connectivity index (χ4v) is 1.93. The third kappa shape index (κ3) is 1.78. The number of hydrogen-bond donors (Lipinski definition) is 0. The SMILES string of the molecule is Cn1c(C#N)cnc1-c1ccc(Cl)cc1Cl. The van der Waals surface area contributed by atoms with Gasteiger partial charge in [-0.05, 0) is 18.2 Å². The van der Waals surface area contributed by atoms with Crippen LogP contribution in [-0.2, 0) is 7.05 Å². The number of nitrogens with zero attached hydrogens (tertiary/aromatic N) is 3. The zero-order chi connectivity index (χ0) is 11.7. The van der Waals surface area contributed by atoms with Crippen LogP contribution in [0.25, 0.3) is 11.4 Å². The molecule has 0 aliphatic rings. The van der Waals surface area contributed by atoms with Crippen LogP contribution in [0.4, 0.5) is 0 Å². The van der Waals surface area contributed by atoms with Gasteiger partial charge in [-0.1, -0.05) is 23.2 Å². The lowest BCUT2D eigenvalue weighted by atomic mass is 10.2. The van der Waals surface area contributed by atoms with Crippen molar-refractivity contribution >= 4 is 23.2 Å². The van der Waals surface area contributed by atoms with Crippen molar-refractivity contribution in [3.8, 4) is 17.5 Å². The molecule has 0 aliphatic carbocycles. The third-order valence-corrected chi connectivity index (χ3v) is 2.82. The second-order valence-corrected chi connectivity index (χ2v) is 4.11. The number of aromatic nitrogens is 2. The van der Waals surface area contributed by atoms with E-state index < -0.39 is 0 Å². The Morgan fingerprint density at radius 2 is 2.12 bits per heavy atom. The first-order valence-electron chi connectivity index (χ1n) is 4.50. The van der Waals surface area contributed by atoms with Gasteiger partial charge in [0.2, 0.25) is 0 Å². The summed E-state index contributed by atoms with van der Waals surface area (Å²) >= 11 is 11.9. The lowest BCUT2D eigenvalue weighted by molar-refractivity contribution is 0.907. The number of hydrogen-bond acceptors (Lipinski definition) is 2. The molecule has 1 aromatic heterocycles. The summed E-state index contributed by atoms with van der Waals surface area (Å²) in [5, 5.41) is 9.92. The zero-order valence-electron chi connectivity index (χ0n) is 8.41. The lowest BCUT2D eigenvalue weighted by Crippen LogP contribution is -1.95. The number of imidazole rings is 1. The normalized spacial score (nSPS) is 10.1. The van der Waals surface area contributed by atoms with Gasteiger partial charge in [-0.3, -0.25) is 0 Å². The van der Waals surface area contributed by atoms with E-state index in [2.05, 4.69) is 4.98 Å². The fraction of sp³-hybridized carbons (Fsp3) is 0.0909. The van der Waals surface area contributed by atoms with Gasteiger partial charge in [0.05, 0.1) is 11.2 Å². The van der Waals surface area contributed by atoms with E-state index in [1.165, 1.54) is 6.20 Å². The van der Waals surface area contributed by atoms with Gasteiger partial charge in [0.15, 0.2) is 0 Å². The van der Waals surface area contributed by atoms with Crippen molar-refractivity contribution in [1.29, 1.82) is 5.26 Å². The molecule has 0 saturated heterocycles. The summed E-state index contributed by atoms with van der Waals surface area (Å²) in [6.07, 6.45) is 1.51. The minimum Gasteiger partial charge on any atom is -0.319 e. The second kappa shape index (κ2) is 4.17. The van der Waals surface area contributed by atoms with Gasteiger partial charge < -0.3 is 4.57 Å². The maximum absolute atomic E-state index is 8.83. The van der Waals surface area contributed by atoms with Crippen LogP contribution in [-0.4, -0.2) is 9.55 Å². The predicted molar refractivity (Wildman–Crippen MR) is 63.4 cm³/mol. The van der Waals surface area contributed by atoms with Crippen LogP contribution in [0.2, 0.25) is 10.0 Å². The number of nitriles is 1. The van der Waals surface area contributed by atoms with E-state index in [4.69, 9.17) is 28.5 Å². The Hall–Kier alpha value is -1.50. The van der Waals surface area contributed by atoms with Crippen molar-refractivity contribution in [2.24, 2.45) is 7.05 Å². The first-order valence-corrected chi connectivity index (χ1v) is 5.26. The van der Waals surface area contributed by atoms with E-state index in [0.717, 1.165) is 5.56 Å². The molecule has 0 unspecified atom stereocenters. The van der Waals surface area contributed by atoms with Gasteiger partial charge >= 0.3 is 0 Å². The van der Waals surface area contributed by atoms with Crippen LogP contribution in [0.1, 0.15) is 5.69 Å². The maximum Gasteiger partial charge on any atom is 0.142 e. The monoisotopic (exact) mass is 251 g/mol. The molecule has 0 radical (unpaired) electrons. The molecule has 5 heteroatoms. The quantitative estimate of drug-likeness (QED) is 0.781. The third-order valence-electron chi connectivity index (χ3n) is 2.27. The molecule has 80 valence electrons. The van der Waals surface area contributed by atoms with Gasteiger partial charge in [0.25, 0.3) is 0 Å². The van der Waals surface area contributed by atoms with Crippen molar-refractivity contribution in [3.05, 3.63) is 40.1 Å². The van der Waals surface area contributed by atoms with Gasteiger partial charge in [-0.15, -0.1) is 0 Å². The first-order chi connectivity index (χ1) is 7.63. The summed E-state index contributed by atoms with van der Waals surface area (Å²) in [6, 6.07) is 7.22. The fourth-order valence-electron chi connectivity index (χ4n) is 1.43. The van der Waals surface area contributed by atoms with E-state index in [1.807, 2.05) is 6.07 Å². The molecule has 0 bridgehead atoms. The van der Waals surface area contributed by atoms with Gasteiger partial charge in [-0.25, -0.2) is 4.98 Å². The first kappa shape index (κ1) is 11.0. The molecule has 0 fully saturated rings. The average Bonchev–Trinajstić information content (AvgIpc) is 2.60. The standard InChI is InChI=1S/C11H7Cl2N3/c1-16-8(5-14)6-15-11(16)9-3-2-7(12)4-10(9)13/h2-4,6H,1H3. The summed E-state index contributed by atoms with van der Waals surface area (Å²) in [6.45, 7) is 0. The van der Waals surface area contributed by atoms with Crippen molar-refractivity contribution in [3.63, 3.8) is 0 Å². The van der Waals surface area contributed by atoms with Crippen LogP contribution >= 0.6 is 23.2 Å². The van der Waals surface area contributed by atoms with Gasteiger partial charge in [0, 0.05) is 17.6 Å². The minimum absolute atomic E-state index is 0.487. The highest BCUT2D eigenvalue weighted by Crippen LogP contribution is 2.29. The number of halogens is 2. The highest BCUT2D eigenvalue weighted by molar-refractivity contribution is 6.36. The summed E-state index contributed by atoms with van der Waals surface area (Å²) in [5.74, 6) is 0.651. The zero-order valence-corrected chi connectivity index (χ0v) is 9.92. The Labute approximate surface area is 103 Å². The van der Waals surface area contributed by atoms with Crippen LogP contribution in [0.3, 0.4) is 0 Å². The maximum atomic E-state index is 8.83. The van der Waals surface area contributed by atoms with E-state index >= 15 is 0 Å². The van der Waals surface area contributed by atoms with E-state index in [0.29, 0.717) is 21.6 Å². The van der Waals surface area contributed by atoms with E-state index in [-0.39, 0.29) is 0 Å². The second-order valence-electron chi connectivity index (χ2n) is 3.26. The number of benzene rings is 1. The van der Waals surface area contributed by atoms with Crippen molar-refractivity contribution in [2.45, 2.75) is 0 Å². The lowest BCUT2D eigenvalue weighted by Gasteiger charge is -2.05. The van der Waals surface area contributed by atoms with E-state index in [9.17, 15) is 0 Å². The average molecular weight is 252 g/mol. The molecule has 0 atom stereocenters. The highest BCUT2D eigenvalue weighted by atomic mass is 35.5. The van der Waals surface area contributed by atoms with Crippen LogP contribution in [0.5, 0.6) is 0 Å². The molecule has 0 N–H and O–H groups in total. The van der Waals surface area contributed by atoms with Crippen LogP contribution in [0.15, 0.2) is 24.4 Å². The van der Waals surface area contributed by atoms with Crippen molar-refractivity contribution < 1.29 is 0 Å². The molecule has 1 heterocycles. The molecule has 2 rings (SSSR count). The van der Waals surface area contributed by atoms with E-state index in [1.54, 1.807) is 29.8 Å². The predicted octanol–water partition coefficient (Wildman–Crippen LogP) is 3.27. The van der Waals surface area contributed by atoms with Gasteiger partial charge in [0.1, 0.15) is 17.6 Å². The molecule has 0 amide bonds. The largest absolute Gasteiger partial charge is 0.319 e. The topological polar surface area (TPSA) is 41.6 Å². The summed E-state index contributed by atoms with van der Waals surface area (Å²) in [4.78, 5) is 4.16. The Morgan fingerprint density at radius 3 is 2.69 bits per heavy atom. The molecule has 16 heavy (non-hydrogen) atoms. The molecule has 2 aromatic rings. The Morgan fingerprint density at radius 1 is 1.38 bits per heavy atom. The molecule has 0 spiro atoms.